The molecule has 0 aliphatic carbocycles. The zero-order chi connectivity index (χ0) is 25.4. The van der Waals surface area contributed by atoms with Crippen LogP contribution in [-0.2, 0) is 17.5 Å². The van der Waals surface area contributed by atoms with Gasteiger partial charge in [0.2, 0.25) is 0 Å². The summed E-state index contributed by atoms with van der Waals surface area (Å²) in [6.07, 6.45) is 1.02. The van der Waals surface area contributed by atoms with Gasteiger partial charge in [-0.1, -0.05) is 54.3 Å². The summed E-state index contributed by atoms with van der Waals surface area (Å²) in [4.78, 5) is 17.9. The molecule has 3 aromatic rings. The minimum Gasteiger partial charge on any atom is -0.324 e. The van der Waals surface area contributed by atoms with E-state index in [1.165, 1.54) is 22.8 Å². The maximum atomic E-state index is 14.0. The van der Waals surface area contributed by atoms with Crippen molar-refractivity contribution in [2.45, 2.75) is 46.1 Å². The van der Waals surface area contributed by atoms with Gasteiger partial charge in [0.05, 0.1) is 6.16 Å². The van der Waals surface area contributed by atoms with Crippen molar-refractivity contribution in [1.82, 2.24) is 5.32 Å². The number of aryl methyl sites for hydroxylation is 3. The van der Waals surface area contributed by atoms with E-state index in [2.05, 4.69) is 55.3 Å². The predicted molar refractivity (Wildman–Crippen MR) is 140 cm³/mol. The quantitative estimate of drug-likeness (QED) is 0.201. The van der Waals surface area contributed by atoms with E-state index >= 15 is 0 Å². The molecule has 6 heteroatoms. The van der Waals surface area contributed by atoms with Crippen LogP contribution in [-0.4, -0.2) is 22.5 Å². The Morgan fingerprint density at radius 3 is 2.37 bits per heavy atom. The van der Waals surface area contributed by atoms with Crippen LogP contribution in [0.4, 0.5) is 4.39 Å². The number of nitrogens with one attached hydrogen (secondary N) is 1. The van der Waals surface area contributed by atoms with Gasteiger partial charge in [0.15, 0.2) is 0 Å². The van der Waals surface area contributed by atoms with Crippen LogP contribution in [0.1, 0.15) is 51.3 Å². The predicted octanol–water partition coefficient (Wildman–Crippen LogP) is 5.79. The molecule has 4 nitrogen and oxygen atoms in total. The summed E-state index contributed by atoms with van der Waals surface area (Å²) < 4.78 is 24.9. The van der Waals surface area contributed by atoms with Crippen LogP contribution in [0.25, 0.3) is 0 Å². The average Bonchev–Trinajstić information content (AvgIpc) is 2.79. The summed E-state index contributed by atoms with van der Waals surface area (Å²) in [6.45, 7) is 7.36. The SMILES string of the molecule is Cc1ccc(CC(C#Cc2ccc(CNCCCP(=O)(O)O)cc2C)c2cccc(F)c2)cc1C. The molecule has 0 spiro atoms. The summed E-state index contributed by atoms with van der Waals surface area (Å²) in [7, 11) is -3.94. The smallest absolute Gasteiger partial charge is 0.324 e. The molecule has 0 aliphatic rings. The normalized spacial score (nSPS) is 12.2. The van der Waals surface area contributed by atoms with Crippen LogP contribution in [0, 0.1) is 38.4 Å². The van der Waals surface area contributed by atoms with E-state index in [1.54, 1.807) is 12.1 Å². The summed E-state index contributed by atoms with van der Waals surface area (Å²) in [6, 6.07) is 19.1. The molecule has 0 amide bonds. The fourth-order valence-electron chi connectivity index (χ4n) is 3.93. The first kappa shape index (κ1) is 26.9. The molecular formula is C29H33FNO3P. The van der Waals surface area contributed by atoms with Gasteiger partial charge in [-0.05, 0) is 91.7 Å². The number of hydrogen-bond donors (Lipinski definition) is 3. The molecule has 0 saturated carbocycles. The van der Waals surface area contributed by atoms with Gasteiger partial charge in [-0.25, -0.2) is 4.39 Å². The Kier molecular flexibility index (Phi) is 9.43. The Bertz CT molecular complexity index is 1270. The number of hydrogen-bond acceptors (Lipinski definition) is 2. The molecule has 184 valence electrons. The second kappa shape index (κ2) is 12.3. The number of halogens is 1. The molecule has 3 aromatic carbocycles. The van der Waals surface area contributed by atoms with E-state index in [4.69, 9.17) is 9.79 Å². The fraction of sp³-hybridized carbons (Fsp3) is 0.310. The monoisotopic (exact) mass is 493 g/mol. The van der Waals surface area contributed by atoms with Crippen molar-refractivity contribution in [3.8, 4) is 11.8 Å². The second-order valence-electron chi connectivity index (χ2n) is 9.07. The zero-order valence-electron chi connectivity index (χ0n) is 20.5. The van der Waals surface area contributed by atoms with Crippen molar-refractivity contribution in [1.29, 1.82) is 0 Å². The summed E-state index contributed by atoms with van der Waals surface area (Å²) in [5.41, 5.74) is 7.58. The molecule has 0 heterocycles. The maximum Gasteiger partial charge on any atom is 0.325 e. The van der Waals surface area contributed by atoms with E-state index in [-0.39, 0.29) is 17.9 Å². The van der Waals surface area contributed by atoms with Gasteiger partial charge >= 0.3 is 7.60 Å². The molecule has 0 saturated heterocycles. The van der Waals surface area contributed by atoms with Gasteiger partial charge in [-0.15, -0.1) is 0 Å². The van der Waals surface area contributed by atoms with Crippen molar-refractivity contribution >= 4 is 7.60 Å². The first-order valence-electron chi connectivity index (χ1n) is 11.8. The molecule has 35 heavy (non-hydrogen) atoms. The standard InChI is InChI=1S/C29H33FNO3P/c1-21-8-9-24(16-22(21)2)18-28(27-6-4-7-29(30)19-27)13-12-26-11-10-25(17-23(26)3)20-31-14-5-15-35(32,33)34/h4,6-11,16-17,19,28,31H,5,14-15,18,20H2,1-3H3,(H2,32,33,34). The zero-order valence-corrected chi connectivity index (χ0v) is 21.4. The van der Waals surface area contributed by atoms with Crippen molar-refractivity contribution < 1.29 is 18.7 Å². The minimum atomic E-state index is -3.94. The first-order chi connectivity index (χ1) is 16.6. The van der Waals surface area contributed by atoms with Gasteiger partial charge in [-0.2, -0.15) is 0 Å². The first-order valence-corrected chi connectivity index (χ1v) is 13.6. The molecule has 1 atom stereocenters. The topological polar surface area (TPSA) is 69.6 Å². The minimum absolute atomic E-state index is 0.109. The molecule has 0 aliphatic heterocycles. The lowest BCUT2D eigenvalue weighted by molar-refractivity contribution is 0.371. The Hall–Kier alpha value is -2.74. The van der Waals surface area contributed by atoms with Crippen molar-refractivity contribution in [3.05, 3.63) is 105 Å². The van der Waals surface area contributed by atoms with E-state index in [9.17, 15) is 8.96 Å². The molecule has 0 aromatic heterocycles. The van der Waals surface area contributed by atoms with Gasteiger partial charge in [0.1, 0.15) is 5.82 Å². The van der Waals surface area contributed by atoms with E-state index in [0.717, 1.165) is 22.3 Å². The molecule has 0 fully saturated rings. The molecule has 0 radical (unpaired) electrons. The van der Waals surface area contributed by atoms with E-state index in [0.29, 0.717) is 25.9 Å². The van der Waals surface area contributed by atoms with E-state index < -0.39 is 7.60 Å². The van der Waals surface area contributed by atoms with Crippen LogP contribution in [0.3, 0.4) is 0 Å². The van der Waals surface area contributed by atoms with Gasteiger partial charge < -0.3 is 15.1 Å². The highest BCUT2D eigenvalue weighted by atomic mass is 31.2. The average molecular weight is 494 g/mol. The fourth-order valence-corrected chi connectivity index (χ4v) is 4.50. The Labute approximate surface area is 207 Å². The van der Waals surface area contributed by atoms with Crippen molar-refractivity contribution in [3.63, 3.8) is 0 Å². The van der Waals surface area contributed by atoms with Crippen molar-refractivity contribution in [2.24, 2.45) is 0 Å². The Morgan fingerprint density at radius 2 is 1.69 bits per heavy atom. The van der Waals surface area contributed by atoms with Crippen LogP contribution in [0.5, 0.6) is 0 Å². The van der Waals surface area contributed by atoms with Crippen LogP contribution in [0.2, 0.25) is 0 Å². The largest absolute Gasteiger partial charge is 0.325 e. The third-order valence-corrected chi connectivity index (χ3v) is 6.96. The number of rotatable bonds is 9. The highest BCUT2D eigenvalue weighted by molar-refractivity contribution is 7.51. The Morgan fingerprint density at radius 1 is 0.943 bits per heavy atom. The van der Waals surface area contributed by atoms with Crippen LogP contribution < -0.4 is 5.32 Å². The lowest BCUT2D eigenvalue weighted by Crippen LogP contribution is -2.15. The Balaban J connectivity index is 1.74. The van der Waals surface area contributed by atoms with Crippen LogP contribution in [0.15, 0.2) is 60.7 Å². The third-order valence-electron chi connectivity index (χ3n) is 6.07. The van der Waals surface area contributed by atoms with Gasteiger partial charge in [-0.3, -0.25) is 4.57 Å². The summed E-state index contributed by atoms with van der Waals surface area (Å²) >= 11 is 0. The van der Waals surface area contributed by atoms with Crippen molar-refractivity contribution in [2.75, 3.05) is 12.7 Å². The number of benzene rings is 3. The van der Waals surface area contributed by atoms with Gasteiger partial charge in [0.25, 0.3) is 0 Å². The molecule has 0 bridgehead atoms. The van der Waals surface area contributed by atoms with Gasteiger partial charge in [0, 0.05) is 18.0 Å². The molecular weight excluding hydrogens is 460 g/mol. The maximum absolute atomic E-state index is 14.0. The highest BCUT2D eigenvalue weighted by Gasteiger charge is 2.12. The summed E-state index contributed by atoms with van der Waals surface area (Å²) in [5.74, 6) is 6.31. The molecule has 1 unspecified atom stereocenters. The third kappa shape index (κ3) is 8.76. The van der Waals surface area contributed by atoms with Crippen LogP contribution >= 0.6 is 7.60 Å². The highest BCUT2D eigenvalue weighted by Crippen LogP contribution is 2.34. The molecule has 3 N–H and O–H groups in total. The lowest BCUT2D eigenvalue weighted by atomic mass is 9.90. The lowest BCUT2D eigenvalue weighted by Gasteiger charge is -2.13. The second-order valence-corrected chi connectivity index (χ2v) is 10.8. The summed E-state index contributed by atoms with van der Waals surface area (Å²) in [5, 5.41) is 3.22. The molecule has 3 rings (SSSR count). The van der Waals surface area contributed by atoms with E-state index in [1.807, 2.05) is 25.1 Å².